The normalized spacial score (nSPS) is 22.7. The Kier molecular flexibility index (Phi) is 4.95. The maximum Gasteiger partial charge on any atom is 0.128 e. The Labute approximate surface area is 122 Å². The minimum absolute atomic E-state index is 0.167. The van der Waals surface area contributed by atoms with E-state index in [1.807, 2.05) is 0 Å². The van der Waals surface area contributed by atoms with Gasteiger partial charge in [-0.15, -0.1) is 0 Å². The number of nitrogens with zero attached hydrogens (tertiary/aromatic N) is 1. The van der Waals surface area contributed by atoms with Crippen molar-refractivity contribution in [3.8, 4) is 0 Å². The molecule has 19 heavy (non-hydrogen) atoms. The lowest BCUT2D eigenvalue weighted by Gasteiger charge is -2.38. The molecule has 0 aliphatic carbocycles. The van der Waals surface area contributed by atoms with Gasteiger partial charge in [-0.3, -0.25) is 4.90 Å². The van der Waals surface area contributed by atoms with E-state index in [9.17, 15) is 4.39 Å². The lowest BCUT2D eigenvalue weighted by molar-refractivity contribution is -0.0506. The molecule has 1 aliphatic rings. The Balaban J connectivity index is 2.14. The minimum atomic E-state index is -0.445. The van der Waals surface area contributed by atoms with Crippen molar-refractivity contribution in [2.24, 2.45) is 5.73 Å². The van der Waals surface area contributed by atoms with Gasteiger partial charge in [0.25, 0.3) is 0 Å². The molecule has 1 aromatic carbocycles. The smallest absolute Gasteiger partial charge is 0.128 e. The van der Waals surface area contributed by atoms with Crippen molar-refractivity contribution in [3.05, 3.63) is 34.1 Å². The maximum absolute atomic E-state index is 13.9. The van der Waals surface area contributed by atoms with Gasteiger partial charge in [-0.2, -0.15) is 0 Å². The summed E-state index contributed by atoms with van der Waals surface area (Å²) in [6.45, 7) is 6.58. The van der Waals surface area contributed by atoms with Gasteiger partial charge in [-0.05, 0) is 32.0 Å². The second-order valence-electron chi connectivity index (χ2n) is 5.19. The van der Waals surface area contributed by atoms with Crippen LogP contribution in [0.25, 0.3) is 0 Å². The standard InChI is InChI=1S/C14H20BrFN2O/c1-9(2)18-5-6-19-13(8-18)14(17)11-7-10(15)3-4-12(11)16/h3-4,7,9,13-14H,5-6,8,17H2,1-2H3. The molecule has 5 heteroatoms. The molecule has 2 rings (SSSR count). The molecule has 2 unspecified atom stereocenters. The summed E-state index contributed by atoms with van der Waals surface area (Å²) in [5.74, 6) is -0.277. The monoisotopic (exact) mass is 330 g/mol. The van der Waals surface area contributed by atoms with Gasteiger partial charge in [0.1, 0.15) is 5.82 Å². The molecule has 0 spiro atoms. The van der Waals surface area contributed by atoms with Gasteiger partial charge >= 0.3 is 0 Å². The Hall–Kier alpha value is -0.490. The minimum Gasteiger partial charge on any atom is -0.374 e. The molecule has 2 N–H and O–H groups in total. The van der Waals surface area contributed by atoms with E-state index in [2.05, 4.69) is 34.7 Å². The second kappa shape index (κ2) is 6.31. The lowest BCUT2D eigenvalue weighted by Crippen LogP contribution is -2.49. The van der Waals surface area contributed by atoms with E-state index in [4.69, 9.17) is 10.5 Å². The molecule has 0 bridgehead atoms. The quantitative estimate of drug-likeness (QED) is 0.926. The van der Waals surface area contributed by atoms with Crippen LogP contribution in [0.15, 0.2) is 22.7 Å². The first-order valence-electron chi connectivity index (χ1n) is 6.55. The summed E-state index contributed by atoms with van der Waals surface area (Å²) < 4.78 is 20.4. The number of hydrogen-bond acceptors (Lipinski definition) is 3. The molecule has 1 aliphatic heterocycles. The fourth-order valence-corrected chi connectivity index (χ4v) is 2.73. The fourth-order valence-electron chi connectivity index (χ4n) is 2.35. The maximum atomic E-state index is 13.9. The van der Waals surface area contributed by atoms with Crippen LogP contribution in [-0.2, 0) is 4.74 Å². The molecule has 1 fully saturated rings. The largest absolute Gasteiger partial charge is 0.374 e. The predicted molar refractivity (Wildman–Crippen MR) is 77.5 cm³/mol. The predicted octanol–water partition coefficient (Wildman–Crippen LogP) is 2.70. The summed E-state index contributed by atoms with van der Waals surface area (Å²) in [5, 5.41) is 0. The molecule has 1 saturated heterocycles. The number of benzene rings is 1. The Morgan fingerprint density at radius 1 is 1.47 bits per heavy atom. The average Bonchev–Trinajstić information content (AvgIpc) is 2.41. The van der Waals surface area contributed by atoms with E-state index < -0.39 is 6.04 Å². The summed E-state index contributed by atoms with van der Waals surface area (Å²) in [6.07, 6.45) is -0.167. The molecule has 0 radical (unpaired) electrons. The SMILES string of the molecule is CC(C)N1CCOC(C(N)c2cc(Br)ccc2F)C1. The third kappa shape index (κ3) is 3.54. The molecule has 1 aromatic rings. The van der Waals surface area contributed by atoms with E-state index in [0.29, 0.717) is 18.2 Å². The van der Waals surface area contributed by atoms with Crippen LogP contribution >= 0.6 is 15.9 Å². The van der Waals surface area contributed by atoms with Crippen LogP contribution in [0, 0.1) is 5.82 Å². The van der Waals surface area contributed by atoms with Gasteiger partial charge in [-0.1, -0.05) is 15.9 Å². The van der Waals surface area contributed by atoms with Gasteiger partial charge < -0.3 is 10.5 Å². The molecule has 106 valence electrons. The van der Waals surface area contributed by atoms with E-state index >= 15 is 0 Å². The average molecular weight is 331 g/mol. The number of nitrogens with two attached hydrogens (primary N) is 1. The first kappa shape index (κ1) is 14.9. The zero-order chi connectivity index (χ0) is 14.0. The Morgan fingerprint density at radius 2 is 2.21 bits per heavy atom. The van der Waals surface area contributed by atoms with Crippen LogP contribution in [0.2, 0.25) is 0 Å². The Morgan fingerprint density at radius 3 is 2.89 bits per heavy atom. The number of rotatable bonds is 3. The van der Waals surface area contributed by atoms with Crippen LogP contribution in [0.4, 0.5) is 4.39 Å². The summed E-state index contributed by atoms with van der Waals surface area (Å²) in [6, 6.07) is 4.85. The molecule has 0 aromatic heterocycles. The fraction of sp³-hybridized carbons (Fsp3) is 0.571. The molecule has 0 saturated carbocycles. The van der Waals surface area contributed by atoms with Crippen LogP contribution < -0.4 is 5.73 Å². The van der Waals surface area contributed by atoms with Crippen LogP contribution in [0.1, 0.15) is 25.5 Å². The van der Waals surface area contributed by atoms with Crippen LogP contribution in [0.5, 0.6) is 0 Å². The third-order valence-corrected chi connectivity index (χ3v) is 4.07. The highest BCUT2D eigenvalue weighted by molar-refractivity contribution is 9.10. The van der Waals surface area contributed by atoms with Gasteiger partial charge in [0.05, 0.1) is 18.8 Å². The van der Waals surface area contributed by atoms with Crippen molar-refractivity contribution in [2.75, 3.05) is 19.7 Å². The van der Waals surface area contributed by atoms with Gasteiger partial charge in [0.2, 0.25) is 0 Å². The summed E-state index contributed by atoms with van der Waals surface area (Å²) >= 11 is 3.35. The molecule has 1 heterocycles. The van der Waals surface area contributed by atoms with E-state index in [1.54, 1.807) is 12.1 Å². The highest BCUT2D eigenvalue weighted by Gasteiger charge is 2.29. The van der Waals surface area contributed by atoms with E-state index in [1.165, 1.54) is 6.07 Å². The second-order valence-corrected chi connectivity index (χ2v) is 6.11. The Bertz CT molecular complexity index is 441. The van der Waals surface area contributed by atoms with Crippen LogP contribution in [-0.4, -0.2) is 36.7 Å². The van der Waals surface area contributed by atoms with Gasteiger partial charge in [0.15, 0.2) is 0 Å². The summed E-state index contributed by atoms with van der Waals surface area (Å²) in [5.41, 5.74) is 6.69. The van der Waals surface area contributed by atoms with Crippen molar-refractivity contribution >= 4 is 15.9 Å². The zero-order valence-corrected chi connectivity index (χ0v) is 12.9. The number of hydrogen-bond donors (Lipinski definition) is 1. The number of ether oxygens (including phenoxy) is 1. The summed E-state index contributed by atoms with van der Waals surface area (Å²) in [4.78, 5) is 2.31. The highest BCUT2D eigenvalue weighted by Crippen LogP contribution is 2.26. The van der Waals surface area contributed by atoms with Crippen molar-refractivity contribution in [1.82, 2.24) is 4.90 Å². The van der Waals surface area contributed by atoms with Crippen molar-refractivity contribution in [1.29, 1.82) is 0 Å². The van der Waals surface area contributed by atoms with Crippen LogP contribution in [0.3, 0.4) is 0 Å². The number of morpholine rings is 1. The lowest BCUT2D eigenvalue weighted by atomic mass is 10.00. The first-order chi connectivity index (χ1) is 8.99. The van der Waals surface area contributed by atoms with E-state index in [-0.39, 0.29) is 11.9 Å². The van der Waals surface area contributed by atoms with E-state index in [0.717, 1.165) is 17.6 Å². The number of halogens is 2. The molecule has 2 atom stereocenters. The topological polar surface area (TPSA) is 38.5 Å². The van der Waals surface area contributed by atoms with Crippen molar-refractivity contribution in [3.63, 3.8) is 0 Å². The summed E-state index contributed by atoms with van der Waals surface area (Å²) in [7, 11) is 0. The molecule has 3 nitrogen and oxygen atoms in total. The highest BCUT2D eigenvalue weighted by atomic mass is 79.9. The molecule has 0 amide bonds. The third-order valence-electron chi connectivity index (χ3n) is 3.57. The zero-order valence-electron chi connectivity index (χ0n) is 11.3. The van der Waals surface area contributed by atoms with Crippen molar-refractivity contribution in [2.45, 2.75) is 32.0 Å². The van der Waals surface area contributed by atoms with Gasteiger partial charge in [0, 0.05) is 29.2 Å². The molecular weight excluding hydrogens is 311 g/mol. The molecular formula is C14H20BrFN2O. The first-order valence-corrected chi connectivity index (χ1v) is 7.34. The van der Waals surface area contributed by atoms with Gasteiger partial charge in [-0.25, -0.2) is 4.39 Å². The van der Waals surface area contributed by atoms with Crippen molar-refractivity contribution < 1.29 is 9.13 Å².